The summed E-state index contributed by atoms with van der Waals surface area (Å²) in [6.45, 7) is 1.58. The van der Waals surface area contributed by atoms with Crippen LogP contribution in [0.2, 0.25) is 0 Å². The quantitative estimate of drug-likeness (QED) is 0.581. The molecule has 0 spiro atoms. The maximum atomic E-state index is 12.9. The Kier molecular flexibility index (Phi) is 2.66. The van der Waals surface area contributed by atoms with Crippen LogP contribution < -0.4 is 5.46 Å². The van der Waals surface area contributed by atoms with Gasteiger partial charge in [0.2, 0.25) is 0 Å². The Hall–Kier alpha value is -1.38. The van der Waals surface area contributed by atoms with Gasteiger partial charge in [0.05, 0.1) is 5.56 Å². The third kappa shape index (κ3) is 1.86. The van der Waals surface area contributed by atoms with E-state index in [0.29, 0.717) is 5.56 Å². The van der Waals surface area contributed by atoms with Gasteiger partial charge in [0, 0.05) is 0 Å². The molecule has 0 aromatic heterocycles. The lowest BCUT2D eigenvalue weighted by Crippen LogP contribution is -2.32. The summed E-state index contributed by atoms with van der Waals surface area (Å²) in [6.07, 6.45) is 0. The number of hydrogen-bond donors (Lipinski definition) is 2. The Morgan fingerprint density at radius 2 is 2.08 bits per heavy atom. The normalized spacial score (nSPS) is 9.46. The van der Waals surface area contributed by atoms with Gasteiger partial charge >= 0.3 is 7.12 Å². The van der Waals surface area contributed by atoms with Crippen LogP contribution in [0.15, 0.2) is 12.1 Å². The number of nitrogens with zero attached hydrogens (tertiary/aromatic N) is 1. The van der Waals surface area contributed by atoms with Crippen molar-refractivity contribution >= 4 is 12.6 Å². The van der Waals surface area contributed by atoms with Gasteiger partial charge in [-0.2, -0.15) is 5.26 Å². The van der Waals surface area contributed by atoms with Crippen molar-refractivity contribution in [2.75, 3.05) is 0 Å². The molecule has 0 heterocycles. The van der Waals surface area contributed by atoms with E-state index in [1.165, 1.54) is 6.07 Å². The molecule has 0 aliphatic heterocycles. The van der Waals surface area contributed by atoms with E-state index in [9.17, 15) is 4.39 Å². The maximum absolute atomic E-state index is 12.9. The van der Waals surface area contributed by atoms with Gasteiger partial charge in [-0.1, -0.05) is 0 Å². The summed E-state index contributed by atoms with van der Waals surface area (Å²) >= 11 is 0. The molecule has 0 saturated carbocycles. The fourth-order valence-electron chi connectivity index (χ4n) is 1.06. The van der Waals surface area contributed by atoms with Gasteiger partial charge in [0.25, 0.3) is 0 Å². The Morgan fingerprint density at radius 3 is 2.54 bits per heavy atom. The summed E-state index contributed by atoms with van der Waals surface area (Å²) in [5.74, 6) is -0.740. The molecule has 0 aliphatic rings. The summed E-state index contributed by atoms with van der Waals surface area (Å²) in [5, 5.41) is 26.1. The van der Waals surface area contributed by atoms with Gasteiger partial charge in [-0.3, -0.25) is 0 Å². The first kappa shape index (κ1) is 9.71. The average molecular weight is 179 g/mol. The second kappa shape index (κ2) is 3.56. The lowest BCUT2D eigenvalue weighted by atomic mass is 9.77. The molecule has 0 fully saturated rings. The number of benzene rings is 1. The Bertz CT molecular complexity index is 373. The van der Waals surface area contributed by atoms with Crippen LogP contribution in [0, 0.1) is 24.1 Å². The smallest absolute Gasteiger partial charge is 0.423 e. The topological polar surface area (TPSA) is 64.2 Å². The van der Waals surface area contributed by atoms with Crippen molar-refractivity contribution in [3.63, 3.8) is 0 Å². The zero-order valence-electron chi connectivity index (χ0n) is 6.95. The first-order chi connectivity index (χ1) is 6.06. The number of halogens is 1. The first-order valence-corrected chi connectivity index (χ1v) is 3.62. The SMILES string of the molecule is Cc1cc(C#N)c(F)cc1B(O)O. The van der Waals surface area contributed by atoms with Crippen LogP contribution in [0.25, 0.3) is 0 Å². The highest BCUT2D eigenvalue weighted by Gasteiger charge is 2.16. The third-order valence-electron chi connectivity index (χ3n) is 1.75. The van der Waals surface area contributed by atoms with Gasteiger partial charge in [-0.05, 0) is 30.1 Å². The first-order valence-electron chi connectivity index (χ1n) is 3.62. The molecule has 1 rings (SSSR count). The molecule has 3 nitrogen and oxygen atoms in total. The minimum atomic E-state index is -1.71. The largest absolute Gasteiger partial charge is 0.488 e. The van der Waals surface area contributed by atoms with Crippen LogP contribution in [0.5, 0.6) is 0 Å². The molecular weight excluding hydrogens is 172 g/mol. The van der Waals surface area contributed by atoms with E-state index < -0.39 is 12.9 Å². The average Bonchev–Trinajstić information content (AvgIpc) is 2.07. The molecule has 5 heteroatoms. The van der Waals surface area contributed by atoms with E-state index in [-0.39, 0.29) is 11.0 Å². The van der Waals surface area contributed by atoms with Crippen molar-refractivity contribution in [3.8, 4) is 6.07 Å². The predicted molar refractivity (Wildman–Crippen MR) is 45.7 cm³/mol. The molecule has 0 aliphatic carbocycles. The van der Waals surface area contributed by atoms with Crippen molar-refractivity contribution in [2.45, 2.75) is 6.92 Å². The van der Waals surface area contributed by atoms with E-state index >= 15 is 0 Å². The highest BCUT2D eigenvalue weighted by atomic mass is 19.1. The standard InChI is InChI=1S/C8H7BFNO2/c1-5-2-6(4-11)8(10)3-7(5)9(12)13/h2-3,12-13H,1H3. The molecule has 0 radical (unpaired) electrons. The Balaban J connectivity index is 3.31. The minimum absolute atomic E-state index is 0.0801. The van der Waals surface area contributed by atoms with Crippen LogP contribution in [-0.4, -0.2) is 17.2 Å². The molecule has 0 amide bonds. The Labute approximate surface area is 75.2 Å². The third-order valence-corrected chi connectivity index (χ3v) is 1.75. The van der Waals surface area contributed by atoms with Gasteiger partial charge in [0.1, 0.15) is 11.9 Å². The molecule has 13 heavy (non-hydrogen) atoms. The second-order valence-electron chi connectivity index (χ2n) is 2.67. The van der Waals surface area contributed by atoms with Crippen LogP contribution in [0.1, 0.15) is 11.1 Å². The molecule has 1 aromatic rings. The summed E-state index contributed by atoms with van der Waals surface area (Å²) in [6, 6.07) is 3.90. The predicted octanol–water partition coefficient (Wildman–Crippen LogP) is -0.314. The summed E-state index contributed by atoms with van der Waals surface area (Å²) in [4.78, 5) is 0. The fraction of sp³-hybridized carbons (Fsp3) is 0.125. The number of rotatable bonds is 1. The van der Waals surface area contributed by atoms with E-state index in [1.54, 1.807) is 13.0 Å². The monoisotopic (exact) mass is 179 g/mol. The van der Waals surface area contributed by atoms with Crippen molar-refractivity contribution < 1.29 is 14.4 Å². The Morgan fingerprint density at radius 1 is 1.46 bits per heavy atom. The number of hydrogen-bond acceptors (Lipinski definition) is 3. The second-order valence-corrected chi connectivity index (χ2v) is 2.67. The molecule has 0 atom stereocenters. The van der Waals surface area contributed by atoms with Crippen LogP contribution in [0.3, 0.4) is 0 Å². The molecule has 0 saturated heterocycles. The molecule has 66 valence electrons. The zero-order chi connectivity index (χ0) is 10.0. The van der Waals surface area contributed by atoms with Crippen molar-refractivity contribution in [1.82, 2.24) is 0 Å². The van der Waals surface area contributed by atoms with Gasteiger partial charge in [0.15, 0.2) is 0 Å². The van der Waals surface area contributed by atoms with Crippen LogP contribution in [0.4, 0.5) is 4.39 Å². The summed E-state index contributed by atoms with van der Waals surface area (Å²) < 4.78 is 12.9. The van der Waals surface area contributed by atoms with Crippen molar-refractivity contribution in [2.24, 2.45) is 0 Å². The van der Waals surface area contributed by atoms with E-state index in [1.807, 2.05) is 0 Å². The maximum Gasteiger partial charge on any atom is 0.488 e. The van der Waals surface area contributed by atoms with Gasteiger partial charge in [-0.15, -0.1) is 0 Å². The molecule has 1 aromatic carbocycles. The molecule has 0 unspecified atom stereocenters. The summed E-state index contributed by atoms with van der Waals surface area (Å²) in [7, 11) is -1.71. The van der Waals surface area contributed by atoms with E-state index in [0.717, 1.165) is 6.07 Å². The van der Waals surface area contributed by atoms with E-state index in [4.69, 9.17) is 15.3 Å². The van der Waals surface area contributed by atoms with Gasteiger partial charge in [-0.25, -0.2) is 4.39 Å². The summed E-state index contributed by atoms with van der Waals surface area (Å²) in [5.41, 5.74) is 0.464. The zero-order valence-corrected chi connectivity index (χ0v) is 6.95. The minimum Gasteiger partial charge on any atom is -0.423 e. The number of aryl methyl sites for hydroxylation is 1. The molecule has 2 N–H and O–H groups in total. The van der Waals surface area contributed by atoms with Crippen molar-refractivity contribution in [1.29, 1.82) is 5.26 Å². The fourth-order valence-corrected chi connectivity index (χ4v) is 1.06. The van der Waals surface area contributed by atoms with E-state index in [2.05, 4.69) is 0 Å². The lowest BCUT2D eigenvalue weighted by Gasteiger charge is -2.04. The molecular formula is C8H7BFNO2. The van der Waals surface area contributed by atoms with Gasteiger partial charge < -0.3 is 10.0 Å². The highest BCUT2D eigenvalue weighted by Crippen LogP contribution is 2.07. The molecule has 0 bridgehead atoms. The number of nitriles is 1. The highest BCUT2D eigenvalue weighted by molar-refractivity contribution is 6.59. The van der Waals surface area contributed by atoms with Crippen LogP contribution in [-0.2, 0) is 0 Å². The van der Waals surface area contributed by atoms with Crippen molar-refractivity contribution in [3.05, 3.63) is 29.1 Å². The van der Waals surface area contributed by atoms with Crippen LogP contribution >= 0.6 is 0 Å². The lowest BCUT2D eigenvalue weighted by molar-refractivity contribution is 0.425.